The van der Waals surface area contributed by atoms with Gasteiger partial charge in [0.2, 0.25) is 41.6 Å². The summed E-state index contributed by atoms with van der Waals surface area (Å²) in [5.74, 6) is -12.6. The third-order valence-electron chi connectivity index (χ3n) is 18.8. The number of carbonyl (C=O) groups is 7. The molecule has 19 unspecified atom stereocenters. The van der Waals surface area contributed by atoms with Gasteiger partial charge in [-0.2, -0.15) is 0 Å². The van der Waals surface area contributed by atoms with Crippen LogP contribution in [0.2, 0.25) is 10.0 Å². The molecule has 0 aromatic heterocycles. The standard InChI is InChI=1S/C67H76Cl2N8O24/c1-25(2)12-36(71-5)59(89)75-50-53(85)28-7-11-41(35(69)14-28)98-43-16-29-15-42(56(43)101-65-57(55(87)54(86)44(22-78)99-65)100-46-21-66(4,70)58(88)26(3)96-46)97-40-10-6-27(13-34(40)68)52(84)49-60(90)74-48(64(94)95)33-18-31(80)19-39(82)47(33)32-17-30(8-9-38(32)81)67(24-79,23-72-49)76-62(92)51(29)77-45(83)20-37(63(77)93)73-61(50)91/h6-11,13-19,24-26,36-37,44-46,48-55,57-58,65,71-72,78,80-88H,12,20-23,70H2,1-5H3,(H,73,91)(H,74,90)(H,75,89)(H,76,92)(H,94,95). The summed E-state index contributed by atoms with van der Waals surface area (Å²) in [7, 11) is 1.50. The molecule has 8 aliphatic heterocycles. The van der Waals surface area contributed by atoms with E-state index in [-0.39, 0.29) is 58.3 Å². The van der Waals surface area contributed by atoms with Crippen LogP contribution in [-0.2, 0) is 53.3 Å². The first kappa shape index (κ1) is 73.7. The minimum atomic E-state index is -2.66. The molecule has 13 rings (SSSR count). The van der Waals surface area contributed by atoms with Gasteiger partial charge in [0.05, 0.1) is 34.9 Å². The maximum atomic E-state index is 16.4. The topological polar surface area (TPSA) is 499 Å². The second-order valence-electron chi connectivity index (χ2n) is 26.4. The van der Waals surface area contributed by atoms with E-state index in [0.717, 1.165) is 48.5 Å². The molecule has 5 aromatic rings. The van der Waals surface area contributed by atoms with E-state index in [9.17, 15) is 80.1 Å². The van der Waals surface area contributed by atoms with Gasteiger partial charge in [-0.3, -0.25) is 28.9 Å². The van der Waals surface area contributed by atoms with Crippen molar-refractivity contribution in [3.8, 4) is 57.1 Å². The van der Waals surface area contributed by atoms with Crippen LogP contribution < -0.4 is 51.8 Å². The van der Waals surface area contributed by atoms with Gasteiger partial charge in [-0.1, -0.05) is 55.2 Å². The van der Waals surface area contributed by atoms with E-state index in [1.54, 1.807) is 0 Å². The maximum Gasteiger partial charge on any atom is 0.330 e. The van der Waals surface area contributed by atoms with Gasteiger partial charge in [0.15, 0.2) is 36.2 Å². The number of rotatable bonds is 12. The Hall–Kier alpha value is -8.55. The molecular formula is C67H76Cl2N8O24. The van der Waals surface area contributed by atoms with Gasteiger partial charge in [0, 0.05) is 47.7 Å². The number of aldehydes is 1. The Morgan fingerprint density at radius 1 is 0.812 bits per heavy atom. The van der Waals surface area contributed by atoms with Gasteiger partial charge < -0.3 is 127 Å². The number of carbonyl (C=O) groups excluding carboxylic acids is 6. The Morgan fingerprint density at radius 3 is 2.06 bits per heavy atom. The molecule has 101 heavy (non-hydrogen) atoms. The molecule has 0 aliphatic carbocycles. The Labute approximate surface area is 585 Å². The molecule has 8 aliphatic rings. The molecule has 34 heteroatoms. The van der Waals surface area contributed by atoms with E-state index < -0.39 is 232 Å². The number of nitrogens with zero attached hydrogens (tertiary/aromatic N) is 1. The highest BCUT2D eigenvalue weighted by Crippen LogP contribution is 2.51. The first-order valence-electron chi connectivity index (χ1n) is 32.1. The van der Waals surface area contributed by atoms with Gasteiger partial charge in [0.25, 0.3) is 0 Å². The number of hydrogen-bond acceptors (Lipinski definition) is 26. The number of carboxylic acid groups (broad SMARTS) is 1. The molecule has 32 nitrogen and oxygen atoms in total. The Kier molecular flexibility index (Phi) is 21.2. The van der Waals surface area contributed by atoms with Crippen LogP contribution in [0.25, 0.3) is 11.1 Å². The van der Waals surface area contributed by atoms with Crippen molar-refractivity contribution >= 4 is 65.0 Å². The van der Waals surface area contributed by atoms with E-state index in [0.29, 0.717) is 4.90 Å². The zero-order valence-electron chi connectivity index (χ0n) is 54.5. The lowest BCUT2D eigenvalue weighted by molar-refractivity contribution is -0.333. The quantitative estimate of drug-likeness (QED) is 0.0756. The number of benzene rings is 5. The summed E-state index contributed by atoms with van der Waals surface area (Å²) in [5, 5.41) is 142. The first-order valence-corrected chi connectivity index (χ1v) is 32.8. The molecule has 0 radical (unpaired) electrons. The van der Waals surface area contributed by atoms with E-state index >= 15 is 9.59 Å². The predicted molar refractivity (Wildman–Crippen MR) is 350 cm³/mol. The van der Waals surface area contributed by atoms with E-state index in [2.05, 4.69) is 31.9 Å². The largest absolute Gasteiger partial charge is 0.508 e. The number of fused-ring (bicyclic) bond motifs is 12. The third kappa shape index (κ3) is 14.4. The van der Waals surface area contributed by atoms with Crippen molar-refractivity contribution in [3.05, 3.63) is 117 Å². The predicted octanol–water partition coefficient (Wildman–Crippen LogP) is 0.492. The van der Waals surface area contributed by atoms with Crippen molar-refractivity contribution in [2.45, 2.75) is 162 Å². The molecule has 5 aromatic carbocycles. The number of halogens is 2. The van der Waals surface area contributed by atoms with Crippen molar-refractivity contribution in [3.63, 3.8) is 0 Å². The van der Waals surface area contributed by atoms with Gasteiger partial charge in [-0.25, -0.2) is 4.79 Å². The molecule has 13 bridgehead atoms. The molecule has 542 valence electrons. The maximum absolute atomic E-state index is 16.4. The number of aliphatic hydroxyl groups is 7. The van der Waals surface area contributed by atoms with E-state index in [1.165, 1.54) is 51.2 Å². The van der Waals surface area contributed by atoms with E-state index in [4.69, 9.17) is 57.4 Å². The molecule has 3 saturated heterocycles. The van der Waals surface area contributed by atoms with Crippen molar-refractivity contribution in [1.82, 2.24) is 36.8 Å². The van der Waals surface area contributed by atoms with Crippen LogP contribution in [0.15, 0.2) is 78.9 Å². The normalized spacial score (nSPS) is 31.5. The average molecular weight is 1450 g/mol. The number of phenols is 3. The van der Waals surface area contributed by atoms with Crippen LogP contribution in [-0.4, -0.2) is 208 Å². The molecule has 19 atom stereocenters. The number of amides is 5. The SMILES string of the molecule is CNC(CC(C)C)C(=O)NC1C(=O)NC2CC(O)N(C2=O)C2C(=O)NC3(C=O)CNC(C(=O)NC(C(=O)O)c4cc(O)cc(O)c4-c4cc3ccc4O)C(O)c3ccc(c(Cl)c3)Oc3cc2cc(c3OC2OC(CO)C(O)C(O)C2OC2CC(C)(N)C(O)C(C)O2)Oc2ccc(cc2Cl)C1O. The third-order valence-corrected chi connectivity index (χ3v) is 19.4. The Balaban J connectivity index is 1.18. The first-order chi connectivity index (χ1) is 47.8. The smallest absolute Gasteiger partial charge is 0.330 e. The average Bonchev–Trinajstić information content (AvgIpc) is 1.68. The number of likely N-dealkylation sites (N-methyl/N-ethyl adjacent to an activating group) is 1. The minimum absolute atomic E-state index is 0.0668. The van der Waals surface area contributed by atoms with Crippen LogP contribution in [0.3, 0.4) is 0 Å². The fourth-order valence-corrected chi connectivity index (χ4v) is 13.9. The Morgan fingerprint density at radius 2 is 1.47 bits per heavy atom. The number of aliphatic hydroxyl groups excluding tert-OH is 7. The lowest BCUT2D eigenvalue weighted by Gasteiger charge is -2.47. The van der Waals surface area contributed by atoms with Crippen LogP contribution in [0.5, 0.6) is 46.0 Å². The van der Waals surface area contributed by atoms with Crippen molar-refractivity contribution in [2.24, 2.45) is 11.7 Å². The summed E-state index contributed by atoms with van der Waals surface area (Å²) in [6.07, 6.45) is -19.9. The highest BCUT2D eigenvalue weighted by Gasteiger charge is 2.53. The van der Waals surface area contributed by atoms with Gasteiger partial charge in [-0.15, -0.1) is 0 Å². The summed E-state index contributed by atoms with van der Waals surface area (Å²) in [6, 6.07) is 2.73. The van der Waals surface area contributed by atoms with Crippen LogP contribution >= 0.6 is 23.2 Å². The lowest BCUT2D eigenvalue weighted by atomic mass is 9.84. The summed E-state index contributed by atoms with van der Waals surface area (Å²) in [4.78, 5) is 104. The summed E-state index contributed by atoms with van der Waals surface area (Å²) < 4.78 is 38.5. The number of phenolic OH excluding ortho intramolecular Hbond substituents is 3. The zero-order chi connectivity index (χ0) is 73.2. The summed E-state index contributed by atoms with van der Waals surface area (Å²) in [6.45, 7) is 4.75. The van der Waals surface area contributed by atoms with Crippen molar-refractivity contribution in [2.75, 3.05) is 20.2 Å². The lowest BCUT2D eigenvalue weighted by Crippen LogP contribution is -2.64. The summed E-state index contributed by atoms with van der Waals surface area (Å²) in [5.41, 5.74) is -0.160. The molecular weight excluding hydrogens is 1370 g/mol. The fourth-order valence-electron chi connectivity index (χ4n) is 13.4. The van der Waals surface area contributed by atoms with Crippen LogP contribution in [0, 0.1) is 5.92 Å². The minimum Gasteiger partial charge on any atom is -0.508 e. The molecule has 0 saturated carbocycles. The molecule has 8 heterocycles. The van der Waals surface area contributed by atoms with Gasteiger partial charge in [-0.05, 0) is 110 Å². The monoisotopic (exact) mass is 1450 g/mol. The molecule has 19 N–H and O–H groups in total. The zero-order valence-corrected chi connectivity index (χ0v) is 56.0. The second-order valence-corrected chi connectivity index (χ2v) is 27.2. The second kappa shape index (κ2) is 29.1. The van der Waals surface area contributed by atoms with Crippen LogP contribution in [0.4, 0.5) is 0 Å². The van der Waals surface area contributed by atoms with Crippen molar-refractivity contribution < 1.29 is 118 Å². The van der Waals surface area contributed by atoms with Crippen molar-refractivity contribution in [1.29, 1.82) is 0 Å². The number of aliphatic carboxylic acids is 1. The molecule has 3 fully saturated rings. The number of nitrogens with two attached hydrogens (primary N) is 1. The highest BCUT2D eigenvalue weighted by atomic mass is 35.5. The number of hydrogen-bond donors (Lipinski definition) is 18. The number of nitrogens with one attached hydrogen (secondary N) is 6. The number of carboxylic acids is 1. The van der Waals surface area contributed by atoms with Crippen LogP contribution in [0.1, 0.15) is 99.1 Å². The summed E-state index contributed by atoms with van der Waals surface area (Å²) >= 11 is 14.2. The number of aromatic hydroxyl groups is 3. The number of ether oxygens (including phenoxy) is 6. The fraction of sp³-hybridized carbons (Fsp3) is 0.448. The highest BCUT2D eigenvalue weighted by molar-refractivity contribution is 6.32. The Bertz CT molecular complexity index is 4080. The van der Waals surface area contributed by atoms with Gasteiger partial charge >= 0.3 is 5.97 Å². The molecule has 5 amide bonds. The molecule has 0 spiro atoms. The van der Waals surface area contributed by atoms with E-state index in [1.807, 2.05) is 13.8 Å². The van der Waals surface area contributed by atoms with Gasteiger partial charge in [0.1, 0.15) is 95.2 Å².